The molecule has 0 aromatic rings. The van der Waals surface area contributed by atoms with Gasteiger partial charge in [0.25, 0.3) is 0 Å². The average Bonchev–Trinajstić information content (AvgIpc) is 2.82. The summed E-state index contributed by atoms with van der Waals surface area (Å²) >= 11 is 0. The predicted octanol–water partition coefficient (Wildman–Crippen LogP) is 0.188. The minimum absolute atomic E-state index is 0. The first kappa shape index (κ1) is 30.3. The zero-order chi connectivity index (χ0) is 15.0. The van der Waals surface area contributed by atoms with Crippen LogP contribution in [0.25, 0.3) is 0 Å². The standard InChI is InChI=1S/2C8H11.C3H7.2ClH.Zr/c2*1-6-4-5-7(2)8(6)3;1-3-2;;;/h2*4H2,1-3H3;1,3H2,2H3;2*1H;/q3*-1;;;+3/p-2. The molecule has 0 fully saturated rings. The van der Waals surface area contributed by atoms with Crippen LogP contribution in [-0.2, 0) is 26.2 Å². The van der Waals surface area contributed by atoms with Gasteiger partial charge in [0.15, 0.2) is 0 Å². The average molecular weight is 420 g/mol. The maximum Gasteiger partial charge on any atom is 3.00 e. The van der Waals surface area contributed by atoms with E-state index in [0.717, 1.165) is 19.3 Å². The van der Waals surface area contributed by atoms with Crippen LogP contribution in [0.2, 0.25) is 0 Å². The fourth-order valence-corrected chi connectivity index (χ4v) is 1.70. The Morgan fingerprint density at radius 2 is 1.00 bits per heavy atom. The van der Waals surface area contributed by atoms with Crippen LogP contribution in [0.4, 0.5) is 0 Å². The van der Waals surface area contributed by atoms with E-state index in [1.54, 1.807) is 0 Å². The second kappa shape index (κ2) is 16.3. The first-order chi connectivity index (χ1) is 8.84. The summed E-state index contributed by atoms with van der Waals surface area (Å²) in [4.78, 5) is 0. The third kappa shape index (κ3) is 11.0. The van der Waals surface area contributed by atoms with Crippen LogP contribution >= 0.6 is 0 Å². The van der Waals surface area contributed by atoms with Crippen LogP contribution in [0.15, 0.2) is 33.4 Å². The summed E-state index contributed by atoms with van der Waals surface area (Å²) < 4.78 is 0. The summed E-state index contributed by atoms with van der Waals surface area (Å²) in [7, 11) is 0. The van der Waals surface area contributed by atoms with Crippen molar-refractivity contribution in [2.24, 2.45) is 0 Å². The van der Waals surface area contributed by atoms with E-state index in [0.29, 0.717) is 0 Å². The first-order valence-corrected chi connectivity index (χ1v) is 7.12. The van der Waals surface area contributed by atoms with E-state index in [9.17, 15) is 0 Å². The van der Waals surface area contributed by atoms with Gasteiger partial charge in [-0.15, -0.1) is 26.7 Å². The molecule has 0 saturated heterocycles. The van der Waals surface area contributed by atoms with Gasteiger partial charge in [-0.1, -0.05) is 34.6 Å². The molecule has 0 aromatic carbocycles. The Labute approximate surface area is 170 Å². The Morgan fingerprint density at radius 3 is 1.05 bits per heavy atom. The van der Waals surface area contributed by atoms with Crippen LogP contribution in [0.3, 0.4) is 0 Å². The minimum atomic E-state index is 0. The van der Waals surface area contributed by atoms with E-state index in [2.05, 4.69) is 60.6 Å². The Morgan fingerprint density at radius 1 is 0.773 bits per heavy atom. The fraction of sp³-hybridized carbons (Fsp3) is 0.526. The van der Waals surface area contributed by atoms with Gasteiger partial charge in [-0.05, 0) is 0 Å². The summed E-state index contributed by atoms with van der Waals surface area (Å²) in [5.74, 6) is 0. The molecule has 0 heterocycles. The smallest absolute Gasteiger partial charge is 1.00 e. The van der Waals surface area contributed by atoms with Crippen molar-refractivity contribution in [1.82, 2.24) is 0 Å². The van der Waals surface area contributed by atoms with Crippen LogP contribution < -0.4 is 24.8 Å². The summed E-state index contributed by atoms with van der Waals surface area (Å²) in [5.41, 5.74) is 8.49. The Hall–Kier alpha value is 0.423. The van der Waals surface area contributed by atoms with Crippen molar-refractivity contribution in [3.8, 4) is 0 Å². The van der Waals surface area contributed by atoms with Gasteiger partial charge in [0.2, 0.25) is 0 Å². The zero-order valence-corrected chi connectivity index (χ0v) is 19.1. The molecular formula is C19H29Cl2Zr-2. The molecule has 0 aliphatic heterocycles. The number of rotatable bonds is 0. The summed E-state index contributed by atoms with van der Waals surface area (Å²) in [6, 6.07) is 0. The second-order valence-corrected chi connectivity index (χ2v) is 5.27. The molecule has 2 aliphatic rings. The van der Waals surface area contributed by atoms with Crippen LogP contribution in [0.1, 0.15) is 67.7 Å². The minimum Gasteiger partial charge on any atom is -1.00 e. The normalized spacial score (nSPS) is 15.1. The molecule has 0 N–H and O–H groups in total. The molecular weight excluding hydrogens is 390 g/mol. The monoisotopic (exact) mass is 417 g/mol. The van der Waals surface area contributed by atoms with Crippen molar-refractivity contribution in [2.75, 3.05) is 0 Å². The predicted molar refractivity (Wildman–Crippen MR) is 86.5 cm³/mol. The Bertz CT molecular complexity index is 376. The molecule has 22 heavy (non-hydrogen) atoms. The van der Waals surface area contributed by atoms with Gasteiger partial charge in [-0.2, -0.15) is 28.7 Å². The van der Waals surface area contributed by atoms with E-state index < -0.39 is 0 Å². The summed E-state index contributed by atoms with van der Waals surface area (Å²) in [5, 5.41) is 0. The van der Waals surface area contributed by atoms with Crippen LogP contribution in [0.5, 0.6) is 0 Å². The number of hydrogen-bond acceptors (Lipinski definition) is 0. The van der Waals surface area contributed by atoms with Gasteiger partial charge in [0.05, 0.1) is 0 Å². The van der Waals surface area contributed by atoms with Crippen molar-refractivity contribution < 1.29 is 51.0 Å². The van der Waals surface area contributed by atoms with Crippen LogP contribution in [0, 0.1) is 19.1 Å². The molecule has 0 bridgehead atoms. The van der Waals surface area contributed by atoms with E-state index in [1.165, 1.54) is 33.4 Å². The SMILES string of the molecule is CC1=[C-]CC(C)=C1C.CC1=[C-]CC(C)=C1C.[CH2-]CC.[Cl-].[Cl-].[Zr+3]. The summed E-state index contributed by atoms with van der Waals surface area (Å²) in [6.45, 7) is 18.4. The number of halogens is 2. The molecule has 0 spiro atoms. The van der Waals surface area contributed by atoms with Gasteiger partial charge in [0, 0.05) is 0 Å². The maximum atomic E-state index is 3.49. The molecule has 0 unspecified atom stereocenters. The molecule has 0 amide bonds. The largest absolute Gasteiger partial charge is 3.00 e. The zero-order valence-electron chi connectivity index (χ0n) is 15.1. The topological polar surface area (TPSA) is 0 Å². The van der Waals surface area contributed by atoms with E-state index in [1.807, 2.05) is 6.92 Å². The van der Waals surface area contributed by atoms with Gasteiger partial charge < -0.3 is 31.7 Å². The molecule has 0 nitrogen and oxygen atoms in total. The second-order valence-electron chi connectivity index (χ2n) is 5.27. The van der Waals surface area contributed by atoms with Crippen molar-refractivity contribution in [1.29, 1.82) is 0 Å². The molecule has 2 aliphatic carbocycles. The first-order valence-electron chi connectivity index (χ1n) is 7.12. The van der Waals surface area contributed by atoms with E-state index >= 15 is 0 Å². The molecule has 0 saturated carbocycles. The quantitative estimate of drug-likeness (QED) is 0.492. The third-order valence-electron chi connectivity index (χ3n) is 3.64. The van der Waals surface area contributed by atoms with Crippen molar-refractivity contribution in [2.45, 2.75) is 67.7 Å². The number of hydrogen-bond donors (Lipinski definition) is 0. The van der Waals surface area contributed by atoms with Crippen molar-refractivity contribution >= 4 is 0 Å². The molecule has 0 aromatic heterocycles. The maximum absolute atomic E-state index is 3.49. The molecule has 1 radical (unpaired) electrons. The Kier molecular flexibility index (Phi) is 22.4. The van der Waals surface area contributed by atoms with Gasteiger partial charge in [-0.3, -0.25) is 12.2 Å². The fourth-order valence-electron chi connectivity index (χ4n) is 1.70. The van der Waals surface area contributed by atoms with E-state index in [4.69, 9.17) is 0 Å². The molecule has 0 atom stereocenters. The van der Waals surface area contributed by atoms with Crippen molar-refractivity contribution in [3.05, 3.63) is 52.5 Å². The molecule has 125 valence electrons. The Balaban J connectivity index is -0.000000112. The van der Waals surface area contributed by atoms with Gasteiger partial charge in [0.1, 0.15) is 0 Å². The van der Waals surface area contributed by atoms with Gasteiger partial charge in [-0.25, -0.2) is 11.1 Å². The molecule has 3 heteroatoms. The van der Waals surface area contributed by atoms with Crippen LogP contribution in [-0.4, -0.2) is 0 Å². The van der Waals surface area contributed by atoms with Crippen molar-refractivity contribution in [3.63, 3.8) is 0 Å². The third-order valence-corrected chi connectivity index (χ3v) is 3.64. The number of allylic oxidation sites excluding steroid dienone is 8. The molecule has 2 rings (SSSR count). The summed E-state index contributed by atoms with van der Waals surface area (Å²) in [6.07, 6.45) is 9.63. The van der Waals surface area contributed by atoms with E-state index in [-0.39, 0.29) is 51.0 Å². The van der Waals surface area contributed by atoms with Gasteiger partial charge >= 0.3 is 26.2 Å².